The van der Waals surface area contributed by atoms with Crippen LogP contribution in [0.4, 0.5) is 5.82 Å². The van der Waals surface area contributed by atoms with Crippen LogP contribution in [-0.4, -0.2) is 10.9 Å². The number of amides is 1. The molecular weight excluding hydrogens is 368 g/mol. The van der Waals surface area contributed by atoms with Gasteiger partial charge in [-0.25, -0.2) is 4.98 Å². The van der Waals surface area contributed by atoms with Crippen LogP contribution in [0, 0.1) is 0 Å². The zero-order valence-corrected chi connectivity index (χ0v) is 14.3. The average Bonchev–Trinajstić information content (AvgIpc) is 2.63. The van der Waals surface area contributed by atoms with Crippen LogP contribution in [0.3, 0.4) is 0 Å². The minimum absolute atomic E-state index is 0.278. The van der Waals surface area contributed by atoms with E-state index in [4.69, 9.17) is 4.74 Å². The van der Waals surface area contributed by atoms with E-state index < -0.39 is 6.10 Å². The number of benzene rings is 2. The fourth-order valence-corrected chi connectivity index (χ4v) is 2.41. The maximum atomic E-state index is 12.7. The van der Waals surface area contributed by atoms with Gasteiger partial charge in [-0.2, -0.15) is 0 Å². The van der Waals surface area contributed by atoms with Crippen molar-refractivity contribution in [2.75, 3.05) is 5.32 Å². The van der Waals surface area contributed by atoms with E-state index in [9.17, 15) is 4.79 Å². The van der Waals surface area contributed by atoms with Gasteiger partial charge >= 0.3 is 0 Å². The molecule has 0 fully saturated rings. The zero-order chi connectivity index (χ0) is 16.8. The number of carbonyl (C=O) groups is 1. The van der Waals surface area contributed by atoms with Crippen LogP contribution < -0.4 is 10.1 Å². The lowest BCUT2D eigenvalue weighted by molar-refractivity contribution is -0.123. The van der Waals surface area contributed by atoms with E-state index in [2.05, 4.69) is 26.2 Å². The molecule has 120 valence electrons. The Morgan fingerprint density at radius 3 is 2.25 bits per heavy atom. The molecule has 1 heterocycles. The minimum atomic E-state index is -0.765. The number of ether oxygens (including phenoxy) is 1. The molecule has 0 aliphatic carbocycles. The molecule has 1 unspecified atom stereocenters. The van der Waals surface area contributed by atoms with E-state index in [0.717, 1.165) is 10.0 Å². The molecule has 0 aliphatic rings. The molecule has 3 rings (SSSR count). The second-order valence-corrected chi connectivity index (χ2v) is 5.99. The van der Waals surface area contributed by atoms with Gasteiger partial charge in [0.25, 0.3) is 5.91 Å². The van der Waals surface area contributed by atoms with Gasteiger partial charge in [0.15, 0.2) is 0 Å². The van der Waals surface area contributed by atoms with Crippen molar-refractivity contribution in [2.24, 2.45) is 0 Å². The van der Waals surface area contributed by atoms with Gasteiger partial charge in [0.2, 0.25) is 6.10 Å². The van der Waals surface area contributed by atoms with Crippen molar-refractivity contribution >= 4 is 27.7 Å². The Morgan fingerprint density at radius 1 is 0.958 bits per heavy atom. The van der Waals surface area contributed by atoms with Gasteiger partial charge in [0.1, 0.15) is 11.6 Å². The normalized spacial score (nSPS) is 11.5. The van der Waals surface area contributed by atoms with E-state index in [0.29, 0.717) is 11.6 Å². The van der Waals surface area contributed by atoms with Crippen LogP contribution in [0.25, 0.3) is 0 Å². The van der Waals surface area contributed by atoms with E-state index in [-0.39, 0.29) is 5.91 Å². The maximum absolute atomic E-state index is 12.7. The summed E-state index contributed by atoms with van der Waals surface area (Å²) < 4.78 is 6.76. The first-order valence-electron chi connectivity index (χ1n) is 7.41. The fourth-order valence-electron chi connectivity index (χ4n) is 2.18. The number of hydrogen-bond acceptors (Lipinski definition) is 3. The summed E-state index contributed by atoms with van der Waals surface area (Å²) in [5.41, 5.74) is 0.774. The largest absolute Gasteiger partial charge is 0.476 e. The maximum Gasteiger partial charge on any atom is 0.271 e. The van der Waals surface area contributed by atoms with Crippen molar-refractivity contribution < 1.29 is 9.53 Å². The number of aromatic nitrogens is 1. The quantitative estimate of drug-likeness (QED) is 0.701. The summed E-state index contributed by atoms with van der Waals surface area (Å²) in [5.74, 6) is 0.825. The summed E-state index contributed by atoms with van der Waals surface area (Å²) in [4.78, 5) is 16.9. The number of anilines is 1. The van der Waals surface area contributed by atoms with Crippen molar-refractivity contribution in [3.05, 3.63) is 89.0 Å². The molecule has 1 atom stereocenters. The lowest BCUT2D eigenvalue weighted by Gasteiger charge is -2.19. The highest BCUT2D eigenvalue weighted by molar-refractivity contribution is 9.10. The molecule has 0 spiro atoms. The number of nitrogens with one attached hydrogen (secondary N) is 1. The Bertz CT molecular complexity index is 793. The summed E-state index contributed by atoms with van der Waals surface area (Å²) in [6.07, 6.45) is 0.865. The monoisotopic (exact) mass is 382 g/mol. The lowest BCUT2D eigenvalue weighted by atomic mass is 10.1. The summed E-state index contributed by atoms with van der Waals surface area (Å²) in [5, 5.41) is 2.79. The Balaban J connectivity index is 1.83. The van der Waals surface area contributed by atoms with Crippen molar-refractivity contribution in [1.29, 1.82) is 0 Å². The van der Waals surface area contributed by atoms with Gasteiger partial charge < -0.3 is 10.1 Å². The number of carbonyl (C=O) groups excluding carboxylic acids is 1. The first-order valence-corrected chi connectivity index (χ1v) is 8.21. The van der Waals surface area contributed by atoms with E-state index >= 15 is 0 Å². The van der Waals surface area contributed by atoms with E-state index in [1.54, 1.807) is 12.3 Å². The molecule has 0 bridgehead atoms. The van der Waals surface area contributed by atoms with Gasteiger partial charge in [-0.05, 0) is 40.2 Å². The van der Waals surface area contributed by atoms with Gasteiger partial charge in [0.05, 0.1) is 0 Å². The summed E-state index contributed by atoms with van der Waals surface area (Å²) in [6.45, 7) is 0. The van der Waals surface area contributed by atoms with Gasteiger partial charge in [-0.3, -0.25) is 4.79 Å². The third kappa shape index (κ3) is 4.20. The van der Waals surface area contributed by atoms with E-state index in [1.165, 1.54) is 0 Å². The highest BCUT2D eigenvalue weighted by atomic mass is 79.9. The van der Waals surface area contributed by atoms with Crippen LogP contribution >= 0.6 is 15.9 Å². The van der Waals surface area contributed by atoms with E-state index in [1.807, 2.05) is 66.7 Å². The van der Waals surface area contributed by atoms with Crippen LogP contribution in [0.1, 0.15) is 11.7 Å². The number of nitrogens with zero attached hydrogens (tertiary/aromatic N) is 1. The lowest BCUT2D eigenvalue weighted by Crippen LogP contribution is -2.26. The predicted molar refractivity (Wildman–Crippen MR) is 96.8 cm³/mol. The average molecular weight is 383 g/mol. The summed E-state index contributed by atoms with van der Waals surface area (Å²) in [7, 11) is 0. The second-order valence-electron chi connectivity index (χ2n) is 5.07. The smallest absolute Gasteiger partial charge is 0.271 e. The number of para-hydroxylation sites is 1. The molecule has 3 aromatic rings. The number of halogens is 1. The molecule has 2 aromatic carbocycles. The van der Waals surface area contributed by atoms with Crippen LogP contribution in [0.5, 0.6) is 5.75 Å². The second kappa shape index (κ2) is 7.75. The van der Waals surface area contributed by atoms with Crippen molar-refractivity contribution in [2.45, 2.75) is 6.10 Å². The molecule has 4 nitrogen and oxygen atoms in total. The minimum Gasteiger partial charge on any atom is -0.476 e. The molecule has 1 N–H and O–H groups in total. The highest BCUT2D eigenvalue weighted by Crippen LogP contribution is 2.23. The highest BCUT2D eigenvalue weighted by Gasteiger charge is 2.23. The van der Waals surface area contributed by atoms with Gasteiger partial charge in [-0.1, -0.05) is 48.5 Å². The van der Waals surface area contributed by atoms with Gasteiger partial charge in [-0.15, -0.1) is 0 Å². The number of rotatable bonds is 5. The first kappa shape index (κ1) is 16.2. The van der Waals surface area contributed by atoms with Gasteiger partial charge in [0, 0.05) is 16.2 Å². The number of pyridine rings is 1. The molecule has 0 saturated carbocycles. The Hall–Kier alpha value is -2.66. The molecule has 0 aliphatic heterocycles. The van der Waals surface area contributed by atoms with Crippen molar-refractivity contribution in [3.8, 4) is 5.75 Å². The van der Waals surface area contributed by atoms with Crippen LogP contribution in [-0.2, 0) is 4.79 Å². The SMILES string of the molecule is O=C(Nc1ccc(Br)cn1)C(Oc1ccccc1)c1ccccc1. The molecule has 0 radical (unpaired) electrons. The molecule has 1 amide bonds. The Labute approximate surface area is 148 Å². The first-order chi connectivity index (χ1) is 11.7. The third-order valence-electron chi connectivity index (χ3n) is 3.32. The topological polar surface area (TPSA) is 51.2 Å². The Kier molecular flexibility index (Phi) is 5.23. The zero-order valence-electron chi connectivity index (χ0n) is 12.7. The molecular formula is C19H15BrN2O2. The molecule has 1 aromatic heterocycles. The predicted octanol–water partition coefficient (Wildman–Crippen LogP) is 4.60. The van der Waals surface area contributed by atoms with Crippen LogP contribution in [0.15, 0.2) is 83.5 Å². The molecule has 24 heavy (non-hydrogen) atoms. The number of hydrogen-bond donors (Lipinski definition) is 1. The van der Waals surface area contributed by atoms with Crippen LogP contribution in [0.2, 0.25) is 0 Å². The summed E-state index contributed by atoms with van der Waals surface area (Å²) in [6, 6.07) is 22.2. The van der Waals surface area contributed by atoms with Crippen molar-refractivity contribution in [1.82, 2.24) is 4.98 Å². The Morgan fingerprint density at radius 2 is 1.62 bits per heavy atom. The third-order valence-corrected chi connectivity index (χ3v) is 3.79. The fraction of sp³-hybridized carbons (Fsp3) is 0.0526. The molecule has 5 heteroatoms. The molecule has 0 saturated heterocycles. The standard InChI is InChI=1S/C19H15BrN2O2/c20-15-11-12-17(21-13-15)22-19(23)18(14-7-3-1-4-8-14)24-16-9-5-2-6-10-16/h1-13,18H,(H,21,22,23). The van der Waals surface area contributed by atoms with Crippen molar-refractivity contribution in [3.63, 3.8) is 0 Å². The summed E-state index contributed by atoms with van der Waals surface area (Å²) >= 11 is 3.32.